The van der Waals surface area contributed by atoms with Crippen molar-refractivity contribution in [3.63, 3.8) is 0 Å². The fourth-order valence-electron chi connectivity index (χ4n) is 1.37. The van der Waals surface area contributed by atoms with Crippen LogP contribution in [0.4, 0.5) is 20.4 Å². The van der Waals surface area contributed by atoms with E-state index in [4.69, 9.17) is 0 Å². The number of aromatic nitrogens is 1. The van der Waals surface area contributed by atoms with Gasteiger partial charge in [-0.3, -0.25) is 0 Å². The minimum absolute atomic E-state index is 0.0431. The van der Waals surface area contributed by atoms with E-state index in [0.717, 1.165) is 19.0 Å². The van der Waals surface area contributed by atoms with Crippen molar-refractivity contribution in [1.82, 2.24) is 9.88 Å². The monoisotopic (exact) mass is 244 g/mol. The third-order valence-corrected chi connectivity index (χ3v) is 2.24. The van der Waals surface area contributed by atoms with Gasteiger partial charge in [0.05, 0.1) is 0 Å². The van der Waals surface area contributed by atoms with Gasteiger partial charge in [-0.2, -0.15) is 0 Å². The van der Waals surface area contributed by atoms with Crippen LogP contribution in [0.25, 0.3) is 0 Å². The molecule has 0 bridgehead atoms. The zero-order chi connectivity index (χ0) is 12.8. The Morgan fingerprint density at radius 2 is 1.88 bits per heavy atom. The van der Waals surface area contributed by atoms with Gasteiger partial charge in [0.25, 0.3) is 0 Å². The fraction of sp³-hybridized carbons (Fsp3) is 0.545. The fourth-order valence-corrected chi connectivity index (χ4v) is 1.37. The molecule has 17 heavy (non-hydrogen) atoms. The van der Waals surface area contributed by atoms with Gasteiger partial charge < -0.3 is 15.5 Å². The van der Waals surface area contributed by atoms with E-state index in [1.165, 1.54) is 0 Å². The third kappa shape index (κ3) is 4.14. The van der Waals surface area contributed by atoms with Crippen LogP contribution >= 0.6 is 0 Å². The zero-order valence-corrected chi connectivity index (χ0v) is 10.3. The highest BCUT2D eigenvalue weighted by Crippen LogP contribution is 2.18. The highest BCUT2D eigenvalue weighted by Gasteiger charge is 2.10. The summed E-state index contributed by atoms with van der Waals surface area (Å²) in [4.78, 5) is 5.86. The van der Waals surface area contributed by atoms with Crippen LogP contribution in [0.5, 0.6) is 0 Å². The smallest absolute Gasteiger partial charge is 0.168 e. The Morgan fingerprint density at radius 3 is 2.47 bits per heavy atom. The standard InChI is InChI=1S/C11H18F2N4/c1-14-10-8(12)7-9(13)11(16-10)15-5-4-6-17(2)3/h7H,4-6H2,1-3H3,(H2,14,15,16). The first-order chi connectivity index (χ1) is 8.04. The third-order valence-electron chi connectivity index (χ3n) is 2.24. The number of halogens is 2. The number of nitrogens with one attached hydrogen (secondary N) is 2. The number of nitrogens with zero attached hydrogens (tertiary/aromatic N) is 2. The predicted molar refractivity (Wildman–Crippen MR) is 65.4 cm³/mol. The van der Waals surface area contributed by atoms with Gasteiger partial charge in [-0.15, -0.1) is 0 Å². The largest absolute Gasteiger partial charge is 0.371 e. The molecule has 0 spiro atoms. The molecule has 1 heterocycles. The van der Waals surface area contributed by atoms with Gasteiger partial charge in [-0.05, 0) is 27.1 Å². The van der Waals surface area contributed by atoms with E-state index in [0.29, 0.717) is 6.54 Å². The van der Waals surface area contributed by atoms with Crippen molar-refractivity contribution in [2.45, 2.75) is 6.42 Å². The van der Waals surface area contributed by atoms with Crippen LogP contribution in [0, 0.1) is 11.6 Å². The lowest BCUT2D eigenvalue weighted by Gasteiger charge is -2.11. The van der Waals surface area contributed by atoms with Crippen molar-refractivity contribution in [2.24, 2.45) is 0 Å². The van der Waals surface area contributed by atoms with Crippen molar-refractivity contribution >= 4 is 11.6 Å². The van der Waals surface area contributed by atoms with Gasteiger partial charge >= 0.3 is 0 Å². The Bertz CT molecular complexity index is 369. The van der Waals surface area contributed by atoms with Crippen LogP contribution in [0.2, 0.25) is 0 Å². The van der Waals surface area contributed by atoms with Crippen LogP contribution in [-0.4, -0.2) is 44.1 Å². The van der Waals surface area contributed by atoms with Gasteiger partial charge in [0, 0.05) is 19.7 Å². The molecule has 96 valence electrons. The van der Waals surface area contributed by atoms with Crippen molar-refractivity contribution in [2.75, 3.05) is 44.9 Å². The van der Waals surface area contributed by atoms with Gasteiger partial charge in [-0.1, -0.05) is 0 Å². The summed E-state index contributed by atoms with van der Waals surface area (Å²) in [6, 6.07) is 0.827. The summed E-state index contributed by atoms with van der Waals surface area (Å²) >= 11 is 0. The van der Waals surface area contributed by atoms with E-state index in [2.05, 4.69) is 15.6 Å². The molecule has 0 aliphatic carbocycles. The molecule has 0 aliphatic rings. The van der Waals surface area contributed by atoms with E-state index in [9.17, 15) is 8.78 Å². The molecular weight excluding hydrogens is 226 g/mol. The van der Waals surface area contributed by atoms with Gasteiger partial charge in [0.1, 0.15) is 0 Å². The van der Waals surface area contributed by atoms with Crippen molar-refractivity contribution in [3.8, 4) is 0 Å². The Hall–Kier alpha value is -1.43. The lowest BCUT2D eigenvalue weighted by molar-refractivity contribution is 0.405. The normalized spacial score (nSPS) is 10.7. The Morgan fingerprint density at radius 1 is 1.24 bits per heavy atom. The molecule has 6 heteroatoms. The molecular formula is C11H18F2N4. The van der Waals surface area contributed by atoms with E-state index in [1.54, 1.807) is 7.05 Å². The molecule has 2 N–H and O–H groups in total. The van der Waals surface area contributed by atoms with Gasteiger partial charge in [0.15, 0.2) is 23.3 Å². The molecule has 1 aromatic rings. The second-order valence-electron chi connectivity index (χ2n) is 3.98. The van der Waals surface area contributed by atoms with E-state index >= 15 is 0 Å². The summed E-state index contributed by atoms with van der Waals surface area (Å²) in [5, 5.41) is 5.42. The SMILES string of the molecule is CNc1nc(NCCCN(C)C)c(F)cc1F. The van der Waals surface area contributed by atoms with Crippen LogP contribution in [0.3, 0.4) is 0 Å². The maximum Gasteiger partial charge on any atom is 0.168 e. The first kappa shape index (κ1) is 13.6. The molecule has 0 saturated carbocycles. The van der Waals surface area contributed by atoms with Crippen molar-refractivity contribution in [1.29, 1.82) is 0 Å². The van der Waals surface area contributed by atoms with Crippen molar-refractivity contribution in [3.05, 3.63) is 17.7 Å². The average Bonchev–Trinajstić information content (AvgIpc) is 2.26. The summed E-state index contributed by atoms with van der Waals surface area (Å²) in [5.74, 6) is -1.24. The molecule has 0 saturated heterocycles. The highest BCUT2D eigenvalue weighted by molar-refractivity contribution is 5.47. The molecule has 0 radical (unpaired) electrons. The number of anilines is 2. The molecule has 0 atom stereocenters. The van der Waals surface area contributed by atoms with E-state index < -0.39 is 11.6 Å². The molecule has 0 aliphatic heterocycles. The summed E-state index contributed by atoms with van der Waals surface area (Å²) in [6.45, 7) is 1.49. The maximum absolute atomic E-state index is 13.3. The second-order valence-corrected chi connectivity index (χ2v) is 3.98. The Kier molecular flexibility index (Phi) is 5.09. The topological polar surface area (TPSA) is 40.2 Å². The van der Waals surface area contributed by atoms with E-state index in [-0.39, 0.29) is 11.6 Å². The highest BCUT2D eigenvalue weighted by atomic mass is 19.1. The molecule has 0 fully saturated rings. The lowest BCUT2D eigenvalue weighted by Crippen LogP contribution is -2.17. The summed E-state index contributed by atoms with van der Waals surface area (Å²) < 4.78 is 26.5. The van der Waals surface area contributed by atoms with Crippen molar-refractivity contribution < 1.29 is 8.78 Å². The number of rotatable bonds is 6. The Balaban J connectivity index is 2.58. The molecule has 4 nitrogen and oxygen atoms in total. The minimum Gasteiger partial charge on any atom is -0.371 e. The maximum atomic E-state index is 13.3. The summed E-state index contributed by atoms with van der Waals surface area (Å²) in [6.07, 6.45) is 0.861. The Labute approximate surface area is 100 Å². The molecule has 0 amide bonds. The predicted octanol–water partition coefficient (Wildman–Crippen LogP) is 1.77. The van der Waals surface area contributed by atoms with Gasteiger partial charge in [-0.25, -0.2) is 13.8 Å². The van der Waals surface area contributed by atoms with Gasteiger partial charge in [0.2, 0.25) is 0 Å². The van der Waals surface area contributed by atoms with E-state index in [1.807, 2.05) is 19.0 Å². The molecule has 0 aromatic carbocycles. The molecule has 1 aromatic heterocycles. The lowest BCUT2D eigenvalue weighted by atomic mass is 10.3. The van der Waals surface area contributed by atoms with Crippen LogP contribution in [-0.2, 0) is 0 Å². The number of hydrogen-bond donors (Lipinski definition) is 2. The molecule has 0 unspecified atom stereocenters. The second kappa shape index (κ2) is 6.34. The number of hydrogen-bond acceptors (Lipinski definition) is 4. The molecule has 1 rings (SSSR count). The first-order valence-electron chi connectivity index (χ1n) is 5.47. The average molecular weight is 244 g/mol. The zero-order valence-electron chi connectivity index (χ0n) is 10.3. The van der Waals surface area contributed by atoms with Crippen LogP contribution in [0.1, 0.15) is 6.42 Å². The number of pyridine rings is 1. The van der Waals surface area contributed by atoms with Crippen LogP contribution in [0.15, 0.2) is 6.07 Å². The quantitative estimate of drug-likeness (QED) is 0.748. The minimum atomic E-state index is -0.691. The first-order valence-corrected chi connectivity index (χ1v) is 5.47. The summed E-state index contributed by atoms with van der Waals surface area (Å²) in [5.41, 5.74) is 0. The van der Waals surface area contributed by atoms with Crippen LogP contribution < -0.4 is 10.6 Å². The summed E-state index contributed by atoms with van der Waals surface area (Å²) in [7, 11) is 5.48.